The summed E-state index contributed by atoms with van der Waals surface area (Å²) in [5.74, 6) is 1.06. The minimum absolute atomic E-state index is 0.0337. The van der Waals surface area contributed by atoms with Gasteiger partial charge in [-0.2, -0.15) is 16.7 Å². The van der Waals surface area contributed by atoms with Gasteiger partial charge in [-0.1, -0.05) is 0 Å². The Hall–Kier alpha value is -1.35. The molecule has 3 heterocycles. The Morgan fingerprint density at radius 3 is 2.72 bits per heavy atom. The fourth-order valence-corrected chi connectivity index (χ4v) is 4.24. The van der Waals surface area contributed by atoms with Crippen molar-refractivity contribution in [1.82, 2.24) is 19.9 Å². The van der Waals surface area contributed by atoms with Gasteiger partial charge >= 0.3 is 0 Å². The van der Waals surface area contributed by atoms with Gasteiger partial charge in [0.05, 0.1) is 6.61 Å². The molecule has 0 unspecified atom stereocenters. The van der Waals surface area contributed by atoms with Gasteiger partial charge in [0.1, 0.15) is 29.1 Å². The molecular formula is C21H34N4O3S. The molecule has 1 aliphatic heterocycles. The summed E-state index contributed by atoms with van der Waals surface area (Å²) in [6, 6.07) is 0.193. The summed E-state index contributed by atoms with van der Waals surface area (Å²) < 4.78 is 20.1. The van der Waals surface area contributed by atoms with Gasteiger partial charge in [-0.15, -0.1) is 0 Å². The van der Waals surface area contributed by atoms with Crippen LogP contribution in [0.1, 0.15) is 47.1 Å². The first kappa shape index (κ1) is 22.3. The van der Waals surface area contributed by atoms with Crippen LogP contribution in [0.3, 0.4) is 0 Å². The summed E-state index contributed by atoms with van der Waals surface area (Å²) in [7, 11) is 0. The molecule has 29 heavy (non-hydrogen) atoms. The summed E-state index contributed by atoms with van der Waals surface area (Å²) >= 11 is 1.81. The van der Waals surface area contributed by atoms with Crippen LogP contribution in [0.25, 0.3) is 11.0 Å². The Labute approximate surface area is 177 Å². The highest BCUT2D eigenvalue weighted by atomic mass is 32.2. The molecule has 2 aromatic rings. The maximum Gasteiger partial charge on any atom is 0.242 e. The summed E-state index contributed by atoms with van der Waals surface area (Å²) in [5, 5.41) is 3.67. The predicted octanol–water partition coefficient (Wildman–Crippen LogP) is 3.60. The number of nitrogens with one attached hydrogen (secondary N) is 1. The summed E-state index contributed by atoms with van der Waals surface area (Å²) in [4.78, 5) is 8.98. The van der Waals surface area contributed by atoms with E-state index in [1.807, 2.05) is 34.6 Å². The maximum absolute atomic E-state index is 6.11. The van der Waals surface area contributed by atoms with Crippen LogP contribution >= 0.6 is 11.8 Å². The van der Waals surface area contributed by atoms with Gasteiger partial charge < -0.3 is 24.1 Å². The quantitative estimate of drug-likeness (QED) is 0.697. The molecule has 1 fully saturated rings. The van der Waals surface area contributed by atoms with E-state index in [9.17, 15) is 0 Å². The number of hydrogen-bond donors (Lipinski definition) is 1. The zero-order valence-corrected chi connectivity index (χ0v) is 19.4. The lowest BCUT2D eigenvalue weighted by Gasteiger charge is -2.24. The van der Waals surface area contributed by atoms with Crippen LogP contribution in [-0.2, 0) is 22.6 Å². The van der Waals surface area contributed by atoms with E-state index >= 15 is 0 Å². The van der Waals surface area contributed by atoms with Gasteiger partial charge in [0.2, 0.25) is 5.88 Å². The van der Waals surface area contributed by atoms with Crippen LogP contribution in [0.15, 0.2) is 12.5 Å². The number of hydrogen-bond acceptors (Lipinski definition) is 7. The molecule has 1 N–H and O–H groups in total. The Balaban J connectivity index is 1.83. The summed E-state index contributed by atoms with van der Waals surface area (Å²) in [5.41, 5.74) is 2.69. The molecule has 2 aromatic heterocycles. The number of nitrogens with zero attached hydrogens (tertiary/aromatic N) is 3. The number of fused-ring (bicyclic) bond motifs is 1. The monoisotopic (exact) mass is 422 g/mol. The standard InChI is InChI=1S/C21H34N4O3S/c1-8-25-10-14(17-18(25)19(24-13-23-17)28-20(2,3)4)9-22-15(12-29-7)16-11-26-21(5,6)27-16/h10,13,15-16,22H,8-9,11-12H2,1-7H3/t15-,16-/m0/s1. The van der Waals surface area contributed by atoms with Gasteiger partial charge in [0.25, 0.3) is 0 Å². The van der Waals surface area contributed by atoms with E-state index in [2.05, 4.69) is 39.2 Å². The molecule has 8 heteroatoms. The molecule has 0 radical (unpaired) electrons. The lowest BCUT2D eigenvalue weighted by atomic mass is 10.2. The second kappa shape index (κ2) is 8.79. The first-order chi connectivity index (χ1) is 13.6. The fourth-order valence-electron chi connectivity index (χ4n) is 3.55. The lowest BCUT2D eigenvalue weighted by molar-refractivity contribution is -0.141. The number of aryl methyl sites for hydroxylation is 1. The Morgan fingerprint density at radius 1 is 1.38 bits per heavy atom. The topological polar surface area (TPSA) is 70.4 Å². The first-order valence-corrected chi connectivity index (χ1v) is 11.6. The van der Waals surface area contributed by atoms with Gasteiger partial charge in [-0.3, -0.25) is 0 Å². The molecule has 0 saturated carbocycles. The summed E-state index contributed by atoms with van der Waals surface area (Å²) in [6.07, 6.45) is 5.88. The average Bonchev–Trinajstić information content (AvgIpc) is 3.18. The third-order valence-electron chi connectivity index (χ3n) is 4.82. The molecule has 1 saturated heterocycles. The van der Waals surface area contributed by atoms with E-state index in [0.717, 1.165) is 28.9 Å². The molecule has 3 rings (SSSR count). The molecule has 1 aliphatic rings. The molecule has 0 bridgehead atoms. The third-order valence-corrected chi connectivity index (χ3v) is 5.51. The number of ether oxygens (including phenoxy) is 3. The van der Waals surface area contributed by atoms with E-state index in [1.54, 1.807) is 18.1 Å². The molecule has 2 atom stereocenters. The van der Waals surface area contributed by atoms with Crippen molar-refractivity contribution in [2.75, 3.05) is 18.6 Å². The van der Waals surface area contributed by atoms with Crippen molar-refractivity contribution in [3.8, 4) is 5.88 Å². The third kappa shape index (κ3) is 5.42. The van der Waals surface area contributed by atoms with Gasteiger partial charge in [-0.05, 0) is 47.8 Å². The van der Waals surface area contributed by atoms with Crippen LogP contribution in [0.5, 0.6) is 5.88 Å². The van der Waals surface area contributed by atoms with Gasteiger partial charge in [0, 0.05) is 36.6 Å². The number of thioether (sulfide) groups is 1. The highest BCUT2D eigenvalue weighted by molar-refractivity contribution is 7.98. The van der Waals surface area contributed by atoms with E-state index in [4.69, 9.17) is 14.2 Å². The maximum atomic E-state index is 6.11. The van der Waals surface area contributed by atoms with Crippen molar-refractivity contribution in [2.45, 2.75) is 78.2 Å². The molecule has 7 nitrogen and oxygen atoms in total. The molecule has 0 aromatic carbocycles. The predicted molar refractivity (Wildman–Crippen MR) is 117 cm³/mol. The fraction of sp³-hybridized carbons (Fsp3) is 0.714. The van der Waals surface area contributed by atoms with Crippen molar-refractivity contribution in [2.24, 2.45) is 0 Å². The number of aromatic nitrogens is 3. The van der Waals surface area contributed by atoms with Crippen molar-refractivity contribution in [1.29, 1.82) is 0 Å². The molecule has 0 aliphatic carbocycles. The van der Waals surface area contributed by atoms with Crippen molar-refractivity contribution < 1.29 is 14.2 Å². The Kier molecular flexibility index (Phi) is 6.77. The van der Waals surface area contributed by atoms with Crippen LogP contribution in [0.4, 0.5) is 0 Å². The van der Waals surface area contributed by atoms with Crippen LogP contribution in [-0.4, -0.2) is 56.7 Å². The van der Waals surface area contributed by atoms with Crippen LogP contribution < -0.4 is 10.1 Å². The van der Waals surface area contributed by atoms with Crippen molar-refractivity contribution >= 4 is 22.8 Å². The summed E-state index contributed by atoms with van der Waals surface area (Å²) in [6.45, 7) is 14.3. The highest BCUT2D eigenvalue weighted by Gasteiger charge is 2.37. The average molecular weight is 423 g/mol. The zero-order chi connectivity index (χ0) is 21.2. The second-order valence-corrected chi connectivity index (χ2v) is 9.75. The van der Waals surface area contributed by atoms with Crippen molar-refractivity contribution in [3.05, 3.63) is 18.1 Å². The van der Waals surface area contributed by atoms with E-state index in [0.29, 0.717) is 19.0 Å². The Morgan fingerprint density at radius 2 is 2.14 bits per heavy atom. The zero-order valence-electron chi connectivity index (χ0n) is 18.6. The minimum atomic E-state index is -0.520. The second-order valence-electron chi connectivity index (χ2n) is 8.84. The number of rotatable bonds is 8. The lowest BCUT2D eigenvalue weighted by Crippen LogP contribution is -2.43. The largest absolute Gasteiger partial charge is 0.470 e. The Bertz CT molecular complexity index is 831. The van der Waals surface area contributed by atoms with Crippen LogP contribution in [0, 0.1) is 0 Å². The van der Waals surface area contributed by atoms with Gasteiger partial charge in [0.15, 0.2) is 5.79 Å². The molecule has 0 spiro atoms. The normalized spacial score (nSPS) is 20.3. The minimum Gasteiger partial charge on any atom is -0.470 e. The first-order valence-electron chi connectivity index (χ1n) is 10.2. The van der Waals surface area contributed by atoms with E-state index < -0.39 is 5.79 Å². The van der Waals surface area contributed by atoms with E-state index in [-0.39, 0.29) is 17.7 Å². The van der Waals surface area contributed by atoms with E-state index in [1.165, 1.54) is 0 Å². The van der Waals surface area contributed by atoms with Crippen LogP contribution in [0.2, 0.25) is 0 Å². The SMILES string of the molecule is CCn1cc(CN[C@@H](CSC)[C@@H]2COC(C)(C)O2)c2ncnc(OC(C)(C)C)c21. The molecule has 0 amide bonds. The smallest absolute Gasteiger partial charge is 0.242 e. The highest BCUT2D eigenvalue weighted by Crippen LogP contribution is 2.29. The van der Waals surface area contributed by atoms with Crippen molar-refractivity contribution in [3.63, 3.8) is 0 Å². The molecular weight excluding hydrogens is 388 g/mol. The molecule has 162 valence electrons. The van der Waals surface area contributed by atoms with Gasteiger partial charge in [-0.25, -0.2) is 4.98 Å².